The van der Waals surface area contributed by atoms with Crippen LogP contribution in [0.15, 0.2) is 24.3 Å². The van der Waals surface area contributed by atoms with Gasteiger partial charge in [0.2, 0.25) is 0 Å². The van der Waals surface area contributed by atoms with Crippen LogP contribution in [0.4, 0.5) is 0 Å². The van der Waals surface area contributed by atoms with Crippen LogP contribution in [-0.2, 0) is 46.4 Å². The summed E-state index contributed by atoms with van der Waals surface area (Å²) in [5, 5.41) is 0. The zero-order valence-electron chi connectivity index (χ0n) is 41.8. The largest absolute Gasteiger partial charge is 0.496 e. The molecule has 370 valence electrons. The summed E-state index contributed by atoms with van der Waals surface area (Å²) in [6.07, 6.45) is 36.0. The van der Waals surface area contributed by atoms with Crippen LogP contribution in [0.5, 0.6) is 11.5 Å². The van der Waals surface area contributed by atoms with Crippen molar-refractivity contribution in [2.24, 2.45) is 0 Å². The quantitative estimate of drug-likeness (QED) is 0.0271. The molecule has 1 heterocycles. The van der Waals surface area contributed by atoms with E-state index in [1.165, 1.54) is 128 Å². The first-order chi connectivity index (χ1) is 31.7. The van der Waals surface area contributed by atoms with Gasteiger partial charge in [-0.3, -0.25) is 14.4 Å². The first-order valence-corrected chi connectivity index (χ1v) is 26.0. The van der Waals surface area contributed by atoms with E-state index < -0.39 is 18.0 Å². The Morgan fingerprint density at radius 1 is 0.631 bits per heavy atom. The Morgan fingerprint density at radius 2 is 1.08 bits per heavy atom. The molecule has 1 aromatic rings. The third-order valence-electron chi connectivity index (χ3n) is 12.5. The normalized spacial score (nSPS) is 12.3. The number of benzene rings is 1. The molecular weight excluding hydrogens is 821 g/mol. The van der Waals surface area contributed by atoms with Crippen molar-refractivity contribution >= 4 is 23.9 Å². The highest BCUT2D eigenvalue weighted by Gasteiger charge is 2.33. The number of carbonyl (C=O) groups excluding carboxylic acids is 4. The molecule has 1 aliphatic heterocycles. The highest BCUT2D eigenvalue weighted by molar-refractivity contribution is 5.98. The fraction of sp³-hybridized carbons (Fsp3) is 0.745. The number of fused-ring (bicyclic) bond motifs is 1. The fourth-order valence-electron chi connectivity index (χ4n) is 8.44. The Kier molecular flexibility index (Phi) is 32.9. The second-order valence-electron chi connectivity index (χ2n) is 18.2. The van der Waals surface area contributed by atoms with Gasteiger partial charge in [-0.15, -0.1) is 0 Å². The highest BCUT2D eigenvalue weighted by atomic mass is 16.6. The molecule has 10 heteroatoms. The van der Waals surface area contributed by atoms with Gasteiger partial charge in [0.25, 0.3) is 0 Å². The maximum Gasteiger partial charge on any atom is 0.342 e. The number of allylic oxidation sites excluding steroid dienone is 2. The average molecular weight is 911 g/mol. The maximum absolute atomic E-state index is 13.2. The van der Waals surface area contributed by atoms with Crippen molar-refractivity contribution in [3.63, 3.8) is 0 Å². The van der Waals surface area contributed by atoms with Gasteiger partial charge in [0, 0.05) is 30.4 Å². The van der Waals surface area contributed by atoms with Gasteiger partial charge in [-0.1, -0.05) is 192 Å². The smallest absolute Gasteiger partial charge is 0.342 e. The van der Waals surface area contributed by atoms with Crippen molar-refractivity contribution < 1.29 is 47.6 Å². The molecule has 0 unspecified atom stereocenters. The molecule has 2 rings (SSSR count). The SMILES string of the molecule is C=CCOc1c(C/C=C(\C)CCC(=O)OC(COC(=O)CCCCCCCCCCCCCCC)COC(=O)CCCCCCCCCCCCCCC)c(OC)c(C)c2c1C(=O)OC2. The zero-order valence-corrected chi connectivity index (χ0v) is 41.8. The van der Waals surface area contributed by atoms with Crippen LogP contribution in [-0.4, -0.2) is 56.9 Å². The van der Waals surface area contributed by atoms with Gasteiger partial charge in [0.15, 0.2) is 6.10 Å². The number of hydrogen-bond donors (Lipinski definition) is 0. The predicted octanol–water partition coefficient (Wildman–Crippen LogP) is 14.5. The average Bonchev–Trinajstić information content (AvgIpc) is 3.69. The number of hydrogen-bond acceptors (Lipinski definition) is 10. The lowest BCUT2D eigenvalue weighted by atomic mass is 9.94. The topological polar surface area (TPSA) is 124 Å². The van der Waals surface area contributed by atoms with Crippen LogP contribution in [0.1, 0.15) is 240 Å². The summed E-state index contributed by atoms with van der Waals surface area (Å²) in [5.41, 5.74) is 3.63. The van der Waals surface area contributed by atoms with E-state index in [9.17, 15) is 19.2 Å². The molecule has 0 fully saturated rings. The number of ether oxygens (including phenoxy) is 6. The molecule has 0 atom stereocenters. The number of unbranched alkanes of at least 4 members (excludes halogenated alkanes) is 24. The lowest BCUT2D eigenvalue weighted by Gasteiger charge is -2.19. The summed E-state index contributed by atoms with van der Waals surface area (Å²) < 4.78 is 34.0. The van der Waals surface area contributed by atoms with E-state index in [-0.39, 0.29) is 44.8 Å². The summed E-state index contributed by atoms with van der Waals surface area (Å²) in [4.78, 5) is 51.4. The summed E-state index contributed by atoms with van der Waals surface area (Å²) in [6.45, 7) is 12.1. The highest BCUT2D eigenvalue weighted by Crippen LogP contribution is 2.43. The van der Waals surface area contributed by atoms with Crippen LogP contribution in [0.2, 0.25) is 0 Å². The predicted molar refractivity (Wildman–Crippen MR) is 262 cm³/mol. The molecular formula is C55H90O10. The Bertz CT molecular complexity index is 1480. The van der Waals surface area contributed by atoms with Gasteiger partial charge in [-0.25, -0.2) is 4.79 Å². The molecule has 0 amide bonds. The van der Waals surface area contributed by atoms with Gasteiger partial charge < -0.3 is 28.4 Å². The third kappa shape index (κ3) is 25.6. The van der Waals surface area contributed by atoms with Crippen LogP contribution in [0.25, 0.3) is 0 Å². The van der Waals surface area contributed by atoms with Crippen molar-refractivity contribution in [3.8, 4) is 11.5 Å². The molecule has 0 radical (unpaired) electrons. The summed E-state index contributed by atoms with van der Waals surface area (Å²) in [6, 6.07) is 0. The minimum atomic E-state index is -0.902. The minimum Gasteiger partial charge on any atom is -0.496 e. The standard InChI is InChI=1S/C55H90O10/c1-7-10-12-14-16-18-20-22-24-26-28-30-32-34-49(56)62-41-46(42-63-50(57)35-33-31-29-27-25-23-21-19-17-15-13-11-8-2)65-51(58)39-37-44(4)36-38-47-53(60-6)45(5)48-43-64-55(59)52(48)54(47)61-40-9-3/h9,36,46H,3,7-8,10-35,37-43H2,1-2,4-6H3/b44-36+. The zero-order chi connectivity index (χ0) is 47.3. The van der Waals surface area contributed by atoms with E-state index >= 15 is 0 Å². The fourth-order valence-corrected chi connectivity index (χ4v) is 8.44. The van der Waals surface area contributed by atoms with Crippen LogP contribution in [0.3, 0.4) is 0 Å². The van der Waals surface area contributed by atoms with Gasteiger partial charge in [0.05, 0.1) is 7.11 Å². The van der Waals surface area contributed by atoms with E-state index in [1.54, 1.807) is 13.2 Å². The van der Waals surface area contributed by atoms with Crippen molar-refractivity contribution in [2.75, 3.05) is 26.9 Å². The van der Waals surface area contributed by atoms with E-state index in [0.717, 1.165) is 55.2 Å². The van der Waals surface area contributed by atoms with Crippen LogP contribution >= 0.6 is 0 Å². The summed E-state index contributed by atoms with van der Waals surface area (Å²) >= 11 is 0. The van der Waals surface area contributed by atoms with Crippen molar-refractivity contribution in [1.82, 2.24) is 0 Å². The molecule has 1 aromatic carbocycles. The lowest BCUT2D eigenvalue weighted by Crippen LogP contribution is -2.30. The first-order valence-electron chi connectivity index (χ1n) is 26.0. The lowest BCUT2D eigenvalue weighted by molar-refractivity contribution is -0.166. The van der Waals surface area contributed by atoms with E-state index in [4.69, 9.17) is 28.4 Å². The first kappa shape index (κ1) is 57.3. The molecule has 0 spiro atoms. The molecule has 0 aliphatic carbocycles. The minimum absolute atomic E-state index is 0.0745. The van der Waals surface area contributed by atoms with E-state index in [1.807, 2.05) is 19.9 Å². The molecule has 0 aromatic heterocycles. The van der Waals surface area contributed by atoms with E-state index in [2.05, 4.69) is 20.4 Å². The second kappa shape index (κ2) is 37.3. The number of carbonyl (C=O) groups is 4. The van der Waals surface area contributed by atoms with Crippen LogP contribution in [0, 0.1) is 6.92 Å². The number of methoxy groups -OCH3 is 1. The number of esters is 4. The Balaban J connectivity index is 1.86. The molecule has 10 nitrogen and oxygen atoms in total. The van der Waals surface area contributed by atoms with Crippen molar-refractivity contribution in [3.05, 3.63) is 46.6 Å². The molecule has 0 saturated carbocycles. The van der Waals surface area contributed by atoms with Crippen molar-refractivity contribution in [2.45, 2.75) is 239 Å². The molecule has 0 saturated heterocycles. The Morgan fingerprint density at radius 3 is 1.51 bits per heavy atom. The Hall–Kier alpha value is -3.82. The van der Waals surface area contributed by atoms with Gasteiger partial charge in [0.1, 0.15) is 43.5 Å². The molecule has 0 N–H and O–H groups in total. The number of rotatable bonds is 42. The van der Waals surface area contributed by atoms with Crippen molar-refractivity contribution in [1.29, 1.82) is 0 Å². The molecule has 1 aliphatic rings. The maximum atomic E-state index is 13.2. The third-order valence-corrected chi connectivity index (χ3v) is 12.5. The molecule has 0 bridgehead atoms. The summed E-state index contributed by atoms with van der Waals surface area (Å²) in [7, 11) is 1.59. The summed E-state index contributed by atoms with van der Waals surface area (Å²) in [5.74, 6) is -0.546. The monoisotopic (exact) mass is 911 g/mol. The Labute approximate surface area is 394 Å². The van der Waals surface area contributed by atoms with E-state index in [0.29, 0.717) is 48.3 Å². The van der Waals surface area contributed by atoms with Gasteiger partial charge >= 0.3 is 23.9 Å². The molecule has 65 heavy (non-hydrogen) atoms. The second-order valence-corrected chi connectivity index (χ2v) is 18.2. The van der Waals surface area contributed by atoms with Gasteiger partial charge in [-0.2, -0.15) is 0 Å². The van der Waals surface area contributed by atoms with Gasteiger partial charge in [-0.05, 0) is 45.1 Å². The number of cyclic esters (lactones) is 1. The van der Waals surface area contributed by atoms with Crippen LogP contribution < -0.4 is 9.47 Å².